The van der Waals surface area contributed by atoms with Crippen molar-refractivity contribution in [2.75, 3.05) is 13.1 Å². The lowest BCUT2D eigenvalue weighted by atomic mass is 9.92. The van der Waals surface area contributed by atoms with Gasteiger partial charge in [0.05, 0.1) is 12.1 Å². The van der Waals surface area contributed by atoms with E-state index in [1.54, 1.807) is 11.3 Å². The molecule has 1 aliphatic rings. The molecule has 2 heterocycles. The number of nitrogens with two attached hydrogens (primary N) is 1. The van der Waals surface area contributed by atoms with E-state index in [1.807, 2.05) is 10.3 Å². The van der Waals surface area contributed by atoms with Gasteiger partial charge in [0.2, 0.25) is 5.91 Å². The van der Waals surface area contributed by atoms with Crippen LogP contribution in [0.2, 0.25) is 0 Å². The number of piperidine rings is 1. The van der Waals surface area contributed by atoms with E-state index in [0.29, 0.717) is 18.9 Å². The topological polar surface area (TPSA) is 59.2 Å². The van der Waals surface area contributed by atoms with Gasteiger partial charge in [0.15, 0.2) is 0 Å². The summed E-state index contributed by atoms with van der Waals surface area (Å²) in [5, 5.41) is 2.98. The van der Waals surface area contributed by atoms with Crippen LogP contribution < -0.4 is 5.73 Å². The van der Waals surface area contributed by atoms with E-state index in [0.717, 1.165) is 42.1 Å². The fraction of sp³-hybridized carbons (Fsp3) is 0.500. The molecular weight excluding hydrogens is 366 g/mol. The van der Waals surface area contributed by atoms with E-state index >= 15 is 0 Å². The number of benzene rings is 1. The molecular formula is C20H28ClN3OS. The third kappa shape index (κ3) is 4.84. The van der Waals surface area contributed by atoms with Crippen LogP contribution in [0, 0.1) is 5.92 Å². The summed E-state index contributed by atoms with van der Waals surface area (Å²) in [5.41, 5.74) is 9.18. The Balaban J connectivity index is 0.00000243. The van der Waals surface area contributed by atoms with Gasteiger partial charge in [-0.2, -0.15) is 0 Å². The number of thiazole rings is 1. The minimum absolute atomic E-state index is 0. The van der Waals surface area contributed by atoms with Crippen LogP contribution in [0.1, 0.15) is 37.9 Å². The lowest BCUT2D eigenvalue weighted by Crippen LogP contribution is -2.49. The Bertz CT molecular complexity index is 716. The molecule has 6 heteroatoms. The van der Waals surface area contributed by atoms with Crippen molar-refractivity contribution in [2.45, 2.75) is 45.6 Å². The summed E-state index contributed by atoms with van der Waals surface area (Å²) < 4.78 is 0. The Kier molecular flexibility index (Phi) is 7.62. The molecule has 2 unspecified atom stereocenters. The molecule has 26 heavy (non-hydrogen) atoms. The van der Waals surface area contributed by atoms with Crippen LogP contribution in [0.15, 0.2) is 29.6 Å². The summed E-state index contributed by atoms with van der Waals surface area (Å²) in [6, 6.07) is 8.68. The number of hydrogen-bond donors (Lipinski definition) is 1. The number of rotatable bonds is 5. The van der Waals surface area contributed by atoms with Gasteiger partial charge in [-0.25, -0.2) is 4.98 Å². The Morgan fingerprint density at radius 2 is 2.08 bits per heavy atom. The van der Waals surface area contributed by atoms with Crippen LogP contribution in [-0.4, -0.2) is 34.9 Å². The third-order valence-corrected chi connectivity index (χ3v) is 6.00. The molecule has 0 bridgehead atoms. The smallest absolute Gasteiger partial charge is 0.228 e. The molecule has 142 valence electrons. The molecule has 1 amide bonds. The van der Waals surface area contributed by atoms with Crippen LogP contribution >= 0.6 is 23.7 Å². The summed E-state index contributed by atoms with van der Waals surface area (Å²) in [4.78, 5) is 19.4. The molecule has 2 atom stereocenters. The number of hydrogen-bond acceptors (Lipinski definition) is 4. The molecule has 1 aliphatic heterocycles. The Morgan fingerprint density at radius 1 is 1.35 bits per heavy atom. The van der Waals surface area contributed by atoms with Gasteiger partial charge in [0.25, 0.3) is 0 Å². The maximum absolute atomic E-state index is 12.7. The van der Waals surface area contributed by atoms with Crippen LogP contribution in [-0.2, 0) is 17.6 Å². The predicted octanol–water partition coefficient (Wildman–Crippen LogP) is 3.92. The first-order chi connectivity index (χ1) is 12.1. The molecule has 1 fully saturated rings. The molecule has 1 aromatic carbocycles. The first-order valence-electron chi connectivity index (χ1n) is 9.14. The van der Waals surface area contributed by atoms with E-state index < -0.39 is 0 Å². The van der Waals surface area contributed by atoms with Crippen LogP contribution in [0.25, 0.3) is 10.6 Å². The number of aryl methyl sites for hydroxylation is 1. The fourth-order valence-corrected chi connectivity index (χ4v) is 4.29. The highest BCUT2D eigenvalue weighted by Gasteiger charge is 2.29. The van der Waals surface area contributed by atoms with Crippen molar-refractivity contribution in [2.24, 2.45) is 11.7 Å². The summed E-state index contributed by atoms with van der Waals surface area (Å²) in [5.74, 6) is 0.801. The molecule has 2 aromatic rings. The van der Waals surface area contributed by atoms with Crippen molar-refractivity contribution in [3.63, 3.8) is 0 Å². The normalized spacial score (nSPS) is 19.9. The van der Waals surface area contributed by atoms with Gasteiger partial charge >= 0.3 is 0 Å². The highest BCUT2D eigenvalue weighted by atomic mass is 35.5. The standard InChI is InChI=1S/C20H27N3OS.ClH/c1-3-15-4-6-16(7-5-15)20-22-17(13-25-20)11-19(24)23-9-8-14(2)10-18(23)12-21;/h4-7,13-14,18H,3,8-12,21H2,1-2H3;1H. The van der Waals surface area contributed by atoms with Gasteiger partial charge in [-0.05, 0) is 30.7 Å². The number of halogens is 1. The van der Waals surface area contributed by atoms with E-state index in [2.05, 4.69) is 43.1 Å². The van der Waals surface area contributed by atoms with Crippen molar-refractivity contribution in [1.29, 1.82) is 0 Å². The first kappa shape index (κ1) is 20.9. The second kappa shape index (κ2) is 9.49. The van der Waals surface area contributed by atoms with Crippen LogP contribution in [0.3, 0.4) is 0 Å². The SMILES string of the molecule is CCc1ccc(-c2nc(CC(=O)N3CCC(C)CC3CN)cs2)cc1.Cl. The summed E-state index contributed by atoms with van der Waals surface area (Å²) in [7, 11) is 0. The van der Waals surface area contributed by atoms with Gasteiger partial charge in [-0.15, -0.1) is 23.7 Å². The fourth-order valence-electron chi connectivity index (χ4n) is 3.46. The third-order valence-electron chi connectivity index (χ3n) is 5.06. The number of carbonyl (C=O) groups excluding carboxylic acids is 1. The Morgan fingerprint density at radius 3 is 2.73 bits per heavy atom. The predicted molar refractivity (Wildman–Crippen MR) is 111 cm³/mol. The molecule has 1 aromatic heterocycles. The largest absolute Gasteiger partial charge is 0.338 e. The average Bonchev–Trinajstić information content (AvgIpc) is 3.10. The quantitative estimate of drug-likeness (QED) is 0.837. The maximum atomic E-state index is 12.7. The Labute approximate surface area is 166 Å². The minimum Gasteiger partial charge on any atom is -0.338 e. The van der Waals surface area contributed by atoms with Crippen molar-refractivity contribution in [3.8, 4) is 10.6 Å². The zero-order valence-electron chi connectivity index (χ0n) is 15.5. The molecule has 3 rings (SSSR count). The van der Waals surface area contributed by atoms with Crippen LogP contribution in [0.5, 0.6) is 0 Å². The van der Waals surface area contributed by atoms with Gasteiger partial charge in [-0.1, -0.05) is 38.1 Å². The Hall–Kier alpha value is -1.43. The summed E-state index contributed by atoms with van der Waals surface area (Å²) >= 11 is 1.61. The summed E-state index contributed by atoms with van der Waals surface area (Å²) in [6.07, 6.45) is 3.48. The van der Waals surface area contributed by atoms with Crippen LogP contribution in [0.4, 0.5) is 0 Å². The number of nitrogens with zero attached hydrogens (tertiary/aromatic N) is 2. The molecule has 0 spiro atoms. The van der Waals surface area contributed by atoms with Gasteiger partial charge < -0.3 is 10.6 Å². The lowest BCUT2D eigenvalue weighted by Gasteiger charge is -2.38. The highest BCUT2D eigenvalue weighted by molar-refractivity contribution is 7.13. The average molecular weight is 394 g/mol. The zero-order chi connectivity index (χ0) is 17.8. The zero-order valence-corrected chi connectivity index (χ0v) is 17.1. The molecule has 4 nitrogen and oxygen atoms in total. The number of likely N-dealkylation sites (tertiary alicyclic amines) is 1. The molecule has 0 saturated carbocycles. The van der Waals surface area contributed by atoms with E-state index in [9.17, 15) is 4.79 Å². The molecule has 0 aliphatic carbocycles. The van der Waals surface area contributed by atoms with Crippen molar-refractivity contribution in [3.05, 3.63) is 40.9 Å². The number of amides is 1. The number of aromatic nitrogens is 1. The van der Waals surface area contributed by atoms with Crippen molar-refractivity contribution in [1.82, 2.24) is 9.88 Å². The maximum Gasteiger partial charge on any atom is 0.228 e. The van der Waals surface area contributed by atoms with Gasteiger partial charge in [0, 0.05) is 30.1 Å². The number of carbonyl (C=O) groups is 1. The lowest BCUT2D eigenvalue weighted by molar-refractivity contribution is -0.134. The van der Waals surface area contributed by atoms with Gasteiger partial charge in [-0.3, -0.25) is 4.79 Å². The minimum atomic E-state index is 0. The second-order valence-corrected chi connectivity index (χ2v) is 7.84. The summed E-state index contributed by atoms with van der Waals surface area (Å²) in [6.45, 7) is 5.75. The highest BCUT2D eigenvalue weighted by Crippen LogP contribution is 2.26. The molecule has 2 N–H and O–H groups in total. The van der Waals surface area contributed by atoms with Gasteiger partial charge in [0.1, 0.15) is 5.01 Å². The molecule has 0 radical (unpaired) electrons. The van der Waals surface area contributed by atoms with E-state index in [-0.39, 0.29) is 24.4 Å². The second-order valence-electron chi connectivity index (χ2n) is 6.98. The first-order valence-corrected chi connectivity index (χ1v) is 10.0. The van der Waals surface area contributed by atoms with E-state index in [4.69, 9.17) is 5.73 Å². The van der Waals surface area contributed by atoms with Crippen molar-refractivity contribution >= 4 is 29.7 Å². The van der Waals surface area contributed by atoms with E-state index in [1.165, 1.54) is 5.56 Å². The molecule has 1 saturated heterocycles. The van der Waals surface area contributed by atoms with Crippen molar-refractivity contribution < 1.29 is 4.79 Å². The monoisotopic (exact) mass is 393 g/mol.